The fourth-order valence-corrected chi connectivity index (χ4v) is 8.42. The van der Waals surface area contributed by atoms with Crippen molar-refractivity contribution in [3.8, 4) is 0 Å². The number of aliphatic hydroxyl groups is 2. The number of ether oxygens (including phenoxy) is 13. The van der Waals surface area contributed by atoms with Crippen LogP contribution in [0.25, 0.3) is 0 Å². The predicted molar refractivity (Wildman–Crippen MR) is 218 cm³/mol. The lowest BCUT2D eigenvalue weighted by molar-refractivity contribution is -0.332. The smallest absolute Gasteiger partial charge is 0.303 e. The number of hydrogen-bond acceptors (Lipinski definition) is 17. The molecule has 0 aromatic rings. The Balaban J connectivity index is 0.000000222. The average molecular weight is 875 g/mol. The van der Waals surface area contributed by atoms with Crippen LogP contribution in [0.3, 0.4) is 0 Å². The molecule has 0 saturated carbocycles. The zero-order valence-corrected chi connectivity index (χ0v) is 38.5. The summed E-state index contributed by atoms with van der Waals surface area (Å²) < 4.78 is 75.0. The van der Waals surface area contributed by atoms with Crippen LogP contribution in [0.15, 0.2) is 25.3 Å². The van der Waals surface area contributed by atoms with Gasteiger partial charge in [-0.2, -0.15) is 0 Å². The zero-order chi connectivity index (χ0) is 45.7. The summed E-state index contributed by atoms with van der Waals surface area (Å²) in [4.78, 5) is 22.7. The quantitative estimate of drug-likeness (QED) is 0.229. The molecule has 6 fully saturated rings. The molecule has 20 atom stereocenters. The van der Waals surface area contributed by atoms with Gasteiger partial charge in [0.1, 0.15) is 24.4 Å². The molecule has 2 N–H and O–H groups in total. The molecule has 0 amide bonds. The van der Waals surface area contributed by atoms with Crippen molar-refractivity contribution in [2.75, 3.05) is 13.2 Å². The van der Waals surface area contributed by atoms with Crippen LogP contribution >= 0.6 is 0 Å². The first-order valence-corrected chi connectivity index (χ1v) is 21.6. The molecule has 61 heavy (non-hydrogen) atoms. The lowest BCUT2D eigenvalue weighted by Gasteiger charge is -2.47. The Morgan fingerprint density at radius 2 is 0.951 bits per heavy atom. The summed E-state index contributed by atoms with van der Waals surface area (Å²) in [6.07, 6.45) is -3.70. The summed E-state index contributed by atoms with van der Waals surface area (Å²) in [7, 11) is 0. The second-order valence-electron chi connectivity index (χ2n) is 17.9. The highest BCUT2D eigenvalue weighted by molar-refractivity contribution is 5.66. The van der Waals surface area contributed by atoms with E-state index in [0.29, 0.717) is 13.2 Å². The fraction of sp³-hybridized carbons (Fsp3) is 0.864. The minimum absolute atomic E-state index is 0.00347. The van der Waals surface area contributed by atoms with Crippen molar-refractivity contribution >= 4 is 11.9 Å². The summed E-state index contributed by atoms with van der Waals surface area (Å²) in [5, 5.41) is 19.7. The third-order valence-corrected chi connectivity index (χ3v) is 11.9. The standard InChI is InChI=1S/C22H36O8.C12H20O5.C10H18O4/c1-9-10-24-20-12(3)16(18(14(5)26-20)27-15(6)23)28-21-19-17(11(2)13(4)25-21)29-22(7,8)30-19;1-5-6-15-12-7(2)10(14)11(8(3)16-12)17-9(4)13;1-5-6(2)12-9(11)8-7(5)13-10(3,4)14-8/h9,11-14,16-21H,1,10H2,2-8H3;5,7-8,10-12,14H,1,6H2,2-4H3;5-9,11H,1-4H3/t11-,12?,13?,14?,16-,17-,18-,19?,20-,21-;7?,8?,10-,11-,12-;5-,6?,7-,8?,9+/m000/s1. The van der Waals surface area contributed by atoms with Gasteiger partial charge in [0.2, 0.25) is 0 Å². The molecule has 0 aromatic heterocycles. The van der Waals surface area contributed by atoms with Gasteiger partial charge in [-0.1, -0.05) is 39.8 Å². The van der Waals surface area contributed by atoms with Gasteiger partial charge >= 0.3 is 11.9 Å². The van der Waals surface area contributed by atoms with Crippen molar-refractivity contribution in [2.45, 2.75) is 207 Å². The number of carbonyl (C=O) groups excluding carboxylic acids is 2. The summed E-state index contributed by atoms with van der Waals surface area (Å²) in [6.45, 7) is 33.5. The van der Waals surface area contributed by atoms with Crippen molar-refractivity contribution < 1.29 is 81.4 Å². The number of rotatable bonds is 10. The molecule has 0 radical (unpaired) electrons. The Morgan fingerprint density at radius 1 is 0.541 bits per heavy atom. The van der Waals surface area contributed by atoms with E-state index in [1.165, 1.54) is 13.8 Å². The number of hydrogen-bond donors (Lipinski definition) is 2. The lowest BCUT2D eigenvalue weighted by Crippen LogP contribution is -2.60. The fourth-order valence-electron chi connectivity index (χ4n) is 8.42. The number of carbonyl (C=O) groups is 2. The molecule has 0 spiro atoms. The molecule has 0 bridgehead atoms. The Labute approximate surface area is 361 Å². The summed E-state index contributed by atoms with van der Waals surface area (Å²) in [5.41, 5.74) is 0. The number of esters is 2. The largest absolute Gasteiger partial charge is 0.457 e. The molecule has 17 heteroatoms. The van der Waals surface area contributed by atoms with E-state index in [1.54, 1.807) is 26.0 Å². The van der Waals surface area contributed by atoms with Crippen LogP contribution in [0.5, 0.6) is 0 Å². The second kappa shape index (κ2) is 21.7. The first kappa shape index (κ1) is 51.5. The van der Waals surface area contributed by atoms with Gasteiger partial charge in [-0.3, -0.25) is 9.59 Å². The Kier molecular flexibility index (Phi) is 18.3. The number of fused-ring (bicyclic) bond motifs is 2. The molecule has 6 aliphatic heterocycles. The molecule has 6 aliphatic rings. The highest BCUT2D eigenvalue weighted by Gasteiger charge is 2.56. The first-order valence-electron chi connectivity index (χ1n) is 21.6. The monoisotopic (exact) mass is 874 g/mol. The Hall–Kier alpha value is -2.10. The maximum Gasteiger partial charge on any atom is 0.303 e. The van der Waals surface area contributed by atoms with Crippen LogP contribution < -0.4 is 0 Å². The molecular formula is C44H74O17. The third-order valence-electron chi connectivity index (χ3n) is 11.9. The molecule has 6 heterocycles. The van der Waals surface area contributed by atoms with E-state index in [4.69, 9.17) is 61.6 Å². The van der Waals surface area contributed by atoms with Crippen molar-refractivity contribution in [1.82, 2.24) is 0 Å². The molecule has 17 nitrogen and oxygen atoms in total. The summed E-state index contributed by atoms with van der Waals surface area (Å²) in [5.74, 6) is -2.26. The highest BCUT2D eigenvalue weighted by Crippen LogP contribution is 2.43. The maximum absolute atomic E-state index is 11.8. The lowest BCUT2D eigenvalue weighted by atomic mass is 9.90. The van der Waals surface area contributed by atoms with Crippen molar-refractivity contribution in [1.29, 1.82) is 0 Å². The van der Waals surface area contributed by atoms with Crippen molar-refractivity contribution in [3.05, 3.63) is 25.3 Å². The van der Waals surface area contributed by atoms with E-state index in [0.717, 1.165) is 0 Å². The van der Waals surface area contributed by atoms with Gasteiger partial charge in [0, 0.05) is 37.5 Å². The van der Waals surface area contributed by atoms with Gasteiger partial charge in [-0.15, -0.1) is 13.2 Å². The van der Waals surface area contributed by atoms with Gasteiger partial charge < -0.3 is 71.8 Å². The highest BCUT2D eigenvalue weighted by atomic mass is 16.8. The summed E-state index contributed by atoms with van der Waals surface area (Å²) in [6, 6.07) is 0. The topological polar surface area (TPSA) is 195 Å². The van der Waals surface area contributed by atoms with Gasteiger partial charge in [-0.25, -0.2) is 0 Å². The van der Waals surface area contributed by atoms with E-state index in [1.807, 2.05) is 55.4 Å². The molecule has 6 saturated heterocycles. The van der Waals surface area contributed by atoms with Crippen LogP contribution in [-0.2, 0) is 71.2 Å². The second-order valence-corrected chi connectivity index (χ2v) is 17.9. The molecule has 8 unspecified atom stereocenters. The van der Waals surface area contributed by atoms with Gasteiger partial charge in [-0.05, 0) is 55.4 Å². The van der Waals surface area contributed by atoms with Crippen molar-refractivity contribution in [2.24, 2.45) is 23.7 Å². The predicted octanol–water partition coefficient (Wildman–Crippen LogP) is 4.53. The Bertz CT molecular complexity index is 1440. The van der Waals surface area contributed by atoms with Crippen LogP contribution in [0.2, 0.25) is 0 Å². The average Bonchev–Trinajstić information content (AvgIpc) is 3.69. The third kappa shape index (κ3) is 13.0. The van der Waals surface area contributed by atoms with Gasteiger partial charge in [0.05, 0.1) is 49.8 Å². The first-order chi connectivity index (χ1) is 28.4. The van der Waals surface area contributed by atoms with Crippen LogP contribution in [0.1, 0.15) is 96.9 Å². The number of aliphatic hydroxyl groups excluding tert-OH is 2. The SMILES string of the molecule is C=CCO[C@H]1OC(C)[C@H](OC(C)=O)[C@@H](O)C1C.C=CCO[C@H]1OC(C)[C@H](OC(C)=O)[C@@H](O[C@@H]2OC(C)[C@H](C)[C@@H]3OC(C)(C)OC23)C1C.CC1O[C@@H](O)C2OC(C)(C)O[C@H]2[C@H]1C. The Morgan fingerprint density at radius 3 is 1.46 bits per heavy atom. The minimum atomic E-state index is -0.868. The maximum atomic E-state index is 11.8. The zero-order valence-electron chi connectivity index (χ0n) is 38.5. The molecular weight excluding hydrogens is 800 g/mol. The van der Waals surface area contributed by atoms with Crippen LogP contribution in [-0.4, -0.2) is 145 Å². The molecule has 0 aromatic carbocycles. The van der Waals surface area contributed by atoms with E-state index >= 15 is 0 Å². The van der Waals surface area contributed by atoms with Crippen molar-refractivity contribution in [3.63, 3.8) is 0 Å². The summed E-state index contributed by atoms with van der Waals surface area (Å²) >= 11 is 0. The van der Waals surface area contributed by atoms with E-state index in [9.17, 15) is 19.8 Å². The normalized spacial score (nSPS) is 44.7. The molecule has 0 aliphatic carbocycles. The van der Waals surface area contributed by atoms with E-state index < -0.39 is 85.3 Å². The molecule has 352 valence electrons. The van der Waals surface area contributed by atoms with Gasteiger partial charge in [0.25, 0.3) is 0 Å². The van der Waals surface area contributed by atoms with E-state index in [2.05, 4.69) is 27.0 Å². The van der Waals surface area contributed by atoms with Crippen LogP contribution in [0.4, 0.5) is 0 Å². The van der Waals surface area contributed by atoms with Gasteiger partial charge in [0.15, 0.2) is 48.9 Å². The van der Waals surface area contributed by atoms with Crippen LogP contribution in [0, 0.1) is 23.7 Å². The molecule has 6 rings (SSSR count). The minimum Gasteiger partial charge on any atom is -0.457 e. The van der Waals surface area contributed by atoms with E-state index in [-0.39, 0.29) is 60.3 Å².